The van der Waals surface area contributed by atoms with Crippen molar-refractivity contribution >= 4 is 16.8 Å². The Morgan fingerprint density at radius 3 is 2.46 bits per heavy atom. The summed E-state index contributed by atoms with van der Waals surface area (Å²) in [5.41, 5.74) is 3.20. The lowest BCUT2D eigenvalue weighted by Gasteiger charge is -2.13. The Hall–Kier alpha value is -2.50. The van der Waals surface area contributed by atoms with E-state index < -0.39 is 11.7 Å². The van der Waals surface area contributed by atoms with E-state index in [1.807, 2.05) is 45.0 Å². The van der Waals surface area contributed by atoms with Crippen molar-refractivity contribution < 1.29 is 15.0 Å². The van der Waals surface area contributed by atoms with E-state index in [9.17, 15) is 15.0 Å². The maximum Gasteiger partial charge on any atom is 0.203 e. The molecule has 0 fully saturated rings. The van der Waals surface area contributed by atoms with Crippen molar-refractivity contribution in [1.29, 1.82) is 0 Å². The molecule has 0 saturated carbocycles. The van der Waals surface area contributed by atoms with Crippen molar-refractivity contribution in [2.75, 3.05) is 0 Å². The third kappa shape index (κ3) is 3.09. The first-order chi connectivity index (χ1) is 11.3. The molecule has 0 spiro atoms. The van der Waals surface area contributed by atoms with E-state index in [-0.39, 0.29) is 5.78 Å². The van der Waals surface area contributed by atoms with Crippen LogP contribution in [0.4, 0.5) is 0 Å². The van der Waals surface area contributed by atoms with Gasteiger partial charge in [0.25, 0.3) is 0 Å². The van der Waals surface area contributed by atoms with Crippen molar-refractivity contribution in [3.8, 4) is 11.1 Å². The van der Waals surface area contributed by atoms with Crippen LogP contribution in [0.25, 0.3) is 22.2 Å². The summed E-state index contributed by atoms with van der Waals surface area (Å²) in [6.07, 6.45) is -1.50. The molecule has 5 heteroatoms. The zero-order valence-corrected chi connectivity index (χ0v) is 13.9. The predicted molar refractivity (Wildman–Crippen MR) is 92.5 cm³/mol. The number of nitrogens with one attached hydrogen (secondary N) is 1. The van der Waals surface area contributed by atoms with Gasteiger partial charge in [0, 0.05) is 11.0 Å². The minimum atomic E-state index is -1.50. The van der Waals surface area contributed by atoms with E-state index in [2.05, 4.69) is 9.97 Å². The van der Waals surface area contributed by atoms with Crippen molar-refractivity contribution in [3.05, 3.63) is 53.9 Å². The van der Waals surface area contributed by atoms with Crippen molar-refractivity contribution in [2.45, 2.75) is 27.1 Å². The second-order valence-corrected chi connectivity index (χ2v) is 6.90. The van der Waals surface area contributed by atoms with Gasteiger partial charge in [-0.25, -0.2) is 4.98 Å². The maximum absolute atomic E-state index is 12.4. The third-order valence-electron chi connectivity index (χ3n) is 3.90. The normalized spacial score (nSPS) is 12.1. The second kappa shape index (κ2) is 5.85. The summed E-state index contributed by atoms with van der Waals surface area (Å²) in [6.45, 7) is 5.58. The summed E-state index contributed by atoms with van der Waals surface area (Å²) < 4.78 is 0. The van der Waals surface area contributed by atoms with E-state index in [4.69, 9.17) is 0 Å². The smallest absolute Gasteiger partial charge is 0.203 e. The molecule has 5 nitrogen and oxygen atoms in total. The summed E-state index contributed by atoms with van der Waals surface area (Å²) in [7, 11) is 0. The Kier molecular flexibility index (Phi) is 3.99. The summed E-state index contributed by atoms with van der Waals surface area (Å²) in [6, 6.07) is 12.7. The number of imidazole rings is 1. The molecule has 24 heavy (non-hydrogen) atoms. The highest BCUT2D eigenvalue weighted by atomic mass is 16.5. The Morgan fingerprint density at radius 2 is 1.79 bits per heavy atom. The van der Waals surface area contributed by atoms with E-state index in [0.29, 0.717) is 11.4 Å². The molecule has 2 aromatic carbocycles. The van der Waals surface area contributed by atoms with Crippen LogP contribution >= 0.6 is 0 Å². The first kappa shape index (κ1) is 16.4. The highest BCUT2D eigenvalue weighted by molar-refractivity contribution is 5.99. The number of benzene rings is 2. The lowest BCUT2D eigenvalue weighted by molar-refractivity contribution is -0.0424. The summed E-state index contributed by atoms with van der Waals surface area (Å²) in [5, 5.41) is 18.6. The fourth-order valence-corrected chi connectivity index (χ4v) is 2.53. The Morgan fingerprint density at radius 1 is 1.08 bits per heavy atom. The number of hydrogen-bond acceptors (Lipinski definition) is 4. The summed E-state index contributed by atoms with van der Waals surface area (Å²) >= 11 is 0. The molecule has 0 aliphatic rings. The molecule has 3 aromatic rings. The fraction of sp³-hybridized carbons (Fsp3) is 0.263. The molecule has 0 amide bonds. The number of aromatic amines is 1. The van der Waals surface area contributed by atoms with Gasteiger partial charge in [0.15, 0.2) is 12.1 Å². The van der Waals surface area contributed by atoms with Crippen LogP contribution in [0.15, 0.2) is 42.5 Å². The Balaban J connectivity index is 2.03. The molecule has 124 valence electrons. The third-order valence-corrected chi connectivity index (χ3v) is 3.90. The van der Waals surface area contributed by atoms with Crippen LogP contribution in [0, 0.1) is 5.41 Å². The number of carbonyl (C=O) groups excluding carboxylic acids is 1. The van der Waals surface area contributed by atoms with Gasteiger partial charge in [0.05, 0.1) is 11.0 Å². The zero-order chi connectivity index (χ0) is 17.5. The van der Waals surface area contributed by atoms with Crippen LogP contribution in [0.5, 0.6) is 0 Å². The molecule has 0 atom stereocenters. The maximum atomic E-state index is 12.4. The first-order valence-corrected chi connectivity index (χ1v) is 7.77. The van der Waals surface area contributed by atoms with Gasteiger partial charge < -0.3 is 15.2 Å². The monoisotopic (exact) mass is 324 g/mol. The van der Waals surface area contributed by atoms with E-state index in [1.165, 1.54) is 0 Å². The van der Waals surface area contributed by atoms with Crippen molar-refractivity contribution in [1.82, 2.24) is 9.97 Å². The molecule has 3 N–H and O–H groups in total. The van der Waals surface area contributed by atoms with Gasteiger partial charge in [-0.2, -0.15) is 0 Å². The molecule has 0 bridgehead atoms. The topological polar surface area (TPSA) is 86.2 Å². The van der Waals surface area contributed by atoms with Gasteiger partial charge >= 0.3 is 0 Å². The number of aliphatic hydroxyl groups is 2. The van der Waals surface area contributed by atoms with Crippen LogP contribution in [0.3, 0.4) is 0 Å². The molecule has 0 unspecified atom stereocenters. The average molecular weight is 324 g/mol. The number of nitrogens with zero attached hydrogens (tertiary/aromatic N) is 1. The highest BCUT2D eigenvalue weighted by Gasteiger charge is 2.25. The van der Waals surface area contributed by atoms with Crippen LogP contribution < -0.4 is 0 Å². The molecular weight excluding hydrogens is 304 g/mol. The molecule has 0 saturated heterocycles. The average Bonchev–Trinajstić information content (AvgIpc) is 2.96. The minimum absolute atomic E-state index is 0.0364. The van der Waals surface area contributed by atoms with Gasteiger partial charge in [0.2, 0.25) is 5.78 Å². The number of rotatable bonds is 3. The summed E-state index contributed by atoms with van der Waals surface area (Å²) in [4.78, 5) is 19.8. The minimum Gasteiger partial charge on any atom is -0.364 e. The molecule has 0 radical (unpaired) electrons. The van der Waals surface area contributed by atoms with Crippen molar-refractivity contribution in [2.24, 2.45) is 5.41 Å². The molecule has 0 aliphatic heterocycles. The SMILES string of the molecule is CC(C)(C)C(=O)c1nc2ccc(-c3cccc(C(O)O)c3)cc2[nH]1. The standard InChI is InChI=1S/C19H20N2O3/c1-19(2,3)16(22)17-20-14-8-7-12(10-15(14)21-17)11-5-4-6-13(9-11)18(23)24/h4-10,18,23-24H,1-3H3,(H,20,21). The lowest BCUT2D eigenvalue weighted by Crippen LogP contribution is -2.21. The Labute approximate surface area is 140 Å². The number of aromatic nitrogens is 2. The Bertz CT molecular complexity index is 904. The summed E-state index contributed by atoms with van der Waals surface area (Å²) in [5.74, 6) is 0.319. The number of Topliss-reactive ketones (excluding diaryl/α,β-unsaturated/α-hetero) is 1. The van der Waals surface area contributed by atoms with Gasteiger partial charge in [-0.05, 0) is 29.3 Å². The van der Waals surface area contributed by atoms with Gasteiger partial charge in [-0.3, -0.25) is 4.79 Å². The first-order valence-electron chi connectivity index (χ1n) is 7.77. The van der Waals surface area contributed by atoms with Gasteiger partial charge in [-0.15, -0.1) is 0 Å². The van der Waals surface area contributed by atoms with E-state index in [0.717, 1.165) is 22.2 Å². The van der Waals surface area contributed by atoms with Crippen LogP contribution in [-0.4, -0.2) is 26.0 Å². The number of carbonyl (C=O) groups is 1. The second-order valence-electron chi connectivity index (χ2n) is 6.90. The predicted octanol–water partition coefficient (Wildman–Crippen LogP) is 3.44. The molecule has 1 heterocycles. The van der Waals surface area contributed by atoms with Crippen LogP contribution in [0.2, 0.25) is 0 Å². The number of ketones is 1. The number of fused-ring (bicyclic) bond motifs is 1. The van der Waals surface area contributed by atoms with Crippen molar-refractivity contribution in [3.63, 3.8) is 0 Å². The number of hydrogen-bond donors (Lipinski definition) is 3. The number of aliphatic hydroxyl groups excluding tert-OH is 1. The highest BCUT2D eigenvalue weighted by Crippen LogP contribution is 2.27. The van der Waals surface area contributed by atoms with Crippen LogP contribution in [0.1, 0.15) is 43.2 Å². The molecule has 3 rings (SSSR count). The molecule has 0 aliphatic carbocycles. The number of H-pyrrole nitrogens is 1. The fourth-order valence-electron chi connectivity index (χ4n) is 2.53. The molecular formula is C19H20N2O3. The van der Waals surface area contributed by atoms with Gasteiger partial charge in [-0.1, -0.05) is 45.0 Å². The quantitative estimate of drug-likeness (QED) is 0.509. The van der Waals surface area contributed by atoms with Gasteiger partial charge in [0.1, 0.15) is 0 Å². The lowest BCUT2D eigenvalue weighted by atomic mass is 9.90. The zero-order valence-electron chi connectivity index (χ0n) is 13.9. The largest absolute Gasteiger partial charge is 0.364 e. The van der Waals surface area contributed by atoms with E-state index in [1.54, 1.807) is 18.2 Å². The molecule has 1 aromatic heterocycles. The van der Waals surface area contributed by atoms with E-state index >= 15 is 0 Å². The van der Waals surface area contributed by atoms with Crippen LogP contribution in [-0.2, 0) is 0 Å².